The molecule has 0 aromatic heterocycles. The van der Waals surface area contributed by atoms with Crippen molar-refractivity contribution in [1.82, 2.24) is 0 Å². The molecule has 0 radical (unpaired) electrons. The first-order valence-corrected chi connectivity index (χ1v) is 16.8. The number of esters is 3. The SMILES string of the molecule is C.C.C.C.CCC(C)(CC(C)(C)C(=O)OC12CC3CC(O)(CC(O)(C3)C1)C2)C(=O)OC12CC3CC(O)(C1)CC(C(=O)OC(C)(C)C)(C3)C2. The molecule has 8 saturated carbocycles. The van der Waals surface area contributed by atoms with E-state index in [1.165, 1.54) is 0 Å². The molecule has 0 amide bonds. The molecule has 8 aliphatic carbocycles. The second-order valence-corrected chi connectivity index (χ2v) is 18.6. The van der Waals surface area contributed by atoms with Crippen molar-refractivity contribution in [1.29, 1.82) is 0 Å². The maximum absolute atomic E-state index is 14.1. The van der Waals surface area contributed by atoms with Crippen molar-refractivity contribution in [2.24, 2.45) is 28.1 Å². The lowest BCUT2D eigenvalue weighted by Crippen LogP contribution is -2.67. The summed E-state index contributed by atoms with van der Waals surface area (Å²) in [5.74, 6) is -1.02. The van der Waals surface area contributed by atoms with Crippen molar-refractivity contribution in [3.63, 3.8) is 0 Å². The lowest BCUT2D eigenvalue weighted by molar-refractivity contribution is -0.264. The third-order valence-electron chi connectivity index (χ3n) is 12.1. The van der Waals surface area contributed by atoms with Gasteiger partial charge in [-0.3, -0.25) is 14.4 Å². The van der Waals surface area contributed by atoms with Crippen LogP contribution < -0.4 is 0 Å². The Balaban J connectivity index is 0.00000200. The third-order valence-corrected chi connectivity index (χ3v) is 12.1. The average Bonchev–Trinajstić information content (AvgIpc) is 2.78. The zero-order chi connectivity index (χ0) is 32.4. The number of hydrogen-bond donors (Lipinski definition) is 3. The summed E-state index contributed by atoms with van der Waals surface area (Å²) in [4.78, 5) is 41.5. The van der Waals surface area contributed by atoms with Gasteiger partial charge in [-0.05, 0) is 111 Å². The molecule has 8 fully saturated rings. The Morgan fingerprint density at radius 3 is 1.50 bits per heavy atom. The van der Waals surface area contributed by atoms with E-state index in [4.69, 9.17) is 14.2 Å². The molecule has 8 rings (SSSR count). The Kier molecular flexibility index (Phi) is 11.1. The molecule has 7 unspecified atom stereocenters. The van der Waals surface area contributed by atoms with Crippen LogP contribution in [0.25, 0.3) is 0 Å². The summed E-state index contributed by atoms with van der Waals surface area (Å²) in [6, 6.07) is 0. The van der Waals surface area contributed by atoms with Crippen molar-refractivity contribution in [3.8, 4) is 0 Å². The highest BCUT2D eigenvalue weighted by Gasteiger charge is 2.69. The van der Waals surface area contributed by atoms with Gasteiger partial charge in [-0.2, -0.15) is 0 Å². The molecule has 8 aliphatic rings. The average molecular weight is 683 g/mol. The molecule has 9 heteroatoms. The zero-order valence-electron chi connectivity index (χ0n) is 27.8. The van der Waals surface area contributed by atoms with Gasteiger partial charge in [0, 0.05) is 32.1 Å². The maximum atomic E-state index is 14.1. The number of aliphatic hydroxyl groups is 3. The molecule has 280 valence electrons. The second kappa shape index (κ2) is 12.5. The van der Waals surface area contributed by atoms with Gasteiger partial charge >= 0.3 is 17.9 Å². The number of hydrogen-bond acceptors (Lipinski definition) is 9. The van der Waals surface area contributed by atoms with Crippen molar-refractivity contribution in [2.75, 3.05) is 0 Å². The largest absolute Gasteiger partial charge is 0.460 e. The Bertz CT molecular complexity index is 1230. The standard InChI is InChI=1S/C35H54O9.4CH4/c1-8-29(7,15-28(5,6)24(36)43-35-14-23-11-32(40,20-35)18-33(41,12-23)21-35)25(37)44-34-13-22-9-30(17-34,16-31(39,10-22)19-34)26(38)42-27(2,3)4;;;;/h22-23,39-41H,8-21H2,1-7H3;4*1H4. The molecule has 8 bridgehead atoms. The summed E-state index contributed by atoms with van der Waals surface area (Å²) in [6.07, 6.45) is 6.27. The summed E-state index contributed by atoms with van der Waals surface area (Å²) in [5.41, 5.74) is -8.61. The van der Waals surface area contributed by atoms with Gasteiger partial charge in [-0.25, -0.2) is 0 Å². The number of carbonyl (C=O) groups excluding carboxylic acids is 3. The van der Waals surface area contributed by atoms with Crippen LogP contribution in [-0.4, -0.2) is 66.8 Å². The van der Waals surface area contributed by atoms with Gasteiger partial charge in [0.05, 0.1) is 33.0 Å². The highest BCUT2D eigenvalue weighted by Crippen LogP contribution is 2.65. The molecule has 0 aliphatic heterocycles. The minimum atomic E-state index is -1.09. The fraction of sp³-hybridized carbons (Fsp3) is 0.923. The van der Waals surface area contributed by atoms with E-state index < -0.39 is 61.8 Å². The first kappa shape index (κ1) is 42.5. The van der Waals surface area contributed by atoms with E-state index in [-0.39, 0.29) is 53.9 Å². The molecule has 9 nitrogen and oxygen atoms in total. The van der Waals surface area contributed by atoms with Crippen molar-refractivity contribution in [2.45, 2.75) is 202 Å². The van der Waals surface area contributed by atoms with Gasteiger partial charge in [0.1, 0.15) is 16.8 Å². The molecule has 7 atom stereocenters. The van der Waals surface area contributed by atoms with Crippen LogP contribution in [0, 0.1) is 28.1 Å². The van der Waals surface area contributed by atoms with Gasteiger partial charge < -0.3 is 29.5 Å². The highest BCUT2D eigenvalue weighted by molar-refractivity contribution is 5.82. The number of rotatable bonds is 8. The third kappa shape index (κ3) is 7.35. The van der Waals surface area contributed by atoms with E-state index in [0.717, 1.165) is 0 Å². The number of ether oxygens (including phenoxy) is 3. The van der Waals surface area contributed by atoms with Crippen LogP contribution in [0.3, 0.4) is 0 Å². The van der Waals surface area contributed by atoms with Gasteiger partial charge in [0.2, 0.25) is 0 Å². The minimum absolute atomic E-state index is 0. The molecule has 0 heterocycles. The van der Waals surface area contributed by atoms with E-state index in [9.17, 15) is 29.7 Å². The fourth-order valence-corrected chi connectivity index (χ4v) is 11.4. The monoisotopic (exact) mass is 683 g/mol. The lowest BCUT2D eigenvalue weighted by atomic mass is 9.46. The van der Waals surface area contributed by atoms with Crippen LogP contribution in [-0.2, 0) is 28.6 Å². The first-order chi connectivity index (χ1) is 20.0. The zero-order valence-corrected chi connectivity index (χ0v) is 27.8. The summed E-state index contributed by atoms with van der Waals surface area (Å²) in [7, 11) is 0. The molecule has 48 heavy (non-hydrogen) atoms. The van der Waals surface area contributed by atoms with Crippen LogP contribution in [0.2, 0.25) is 0 Å². The summed E-state index contributed by atoms with van der Waals surface area (Å²) in [5, 5.41) is 33.9. The molecular formula is C39H70O9. The van der Waals surface area contributed by atoms with E-state index in [0.29, 0.717) is 83.5 Å². The normalized spacial score (nSPS) is 41.4. The topological polar surface area (TPSA) is 140 Å². The lowest BCUT2D eigenvalue weighted by Gasteiger charge is -2.63. The molecule has 0 aromatic rings. The van der Waals surface area contributed by atoms with Crippen LogP contribution in [0.5, 0.6) is 0 Å². The number of carbonyl (C=O) groups is 3. The Morgan fingerprint density at radius 2 is 1.06 bits per heavy atom. The van der Waals surface area contributed by atoms with Gasteiger partial charge in [-0.1, -0.05) is 36.6 Å². The minimum Gasteiger partial charge on any atom is -0.460 e. The van der Waals surface area contributed by atoms with E-state index in [2.05, 4.69) is 0 Å². The molecule has 0 aromatic carbocycles. The van der Waals surface area contributed by atoms with Crippen LogP contribution in [0.4, 0.5) is 0 Å². The Morgan fingerprint density at radius 1 is 0.625 bits per heavy atom. The van der Waals surface area contributed by atoms with Gasteiger partial charge in [0.15, 0.2) is 0 Å². The van der Waals surface area contributed by atoms with Crippen LogP contribution in [0.15, 0.2) is 0 Å². The maximum Gasteiger partial charge on any atom is 0.312 e. The molecular weight excluding hydrogens is 612 g/mol. The Hall–Kier alpha value is -1.71. The van der Waals surface area contributed by atoms with Crippen molar-refractivity contribution in [3.05, 3.63) is 0 Å². The summed E-state index contributed by atoms with van der Waals surface area (Å²) < 4.78 is 18.5. The summed E-state index contributed by atoms with van der Waals surface area (Å²) in [6.45, 7) is 12.8. The van der Waals surface area contributed by atoms with Crippen LogP contribution in [0.1, 0.15) is 168 Å². The van der Waals surface area contributed by atoms with Crippen molar-refractivity contribution < 1.29 is 43.9 Å². The molecule has 0 saturated heterocycles. The quantitative estimate of drug-likeness (QED) is 0.176. The predicted molar refractivity (Wildman–Crippen MR) is 187 cm³/mol. The Labute approximate surface area is 291 Å². The molecule has 0 spiro atoms. The van der Waals surface area contributed by atoms with E-state index in [1.807, 2.05) is 34.6 Å². The van der Waals surface area contributed by atoms with Gasteiger partial charge in [-0.15, -0.1) is 0 Å². The van der Waals surface area contributed by atoms with Crippen molar-refractivity contribution >= 4 is 17.9 Å². The second-order valence-electron chi connectivity index (χ2n) is 18.6. The highest BCUT2D eigenvalue weighted by atomic mass is 16.6. The summed E-state index contributed by atoms with van der Waals surface area (Å²) >= 11 is 0. The van der Waals surface area contributed by atoms with E-state index >= 15 is 0 Å². The van der Waals surface area contributed by atoms with Gasteiger partial charge in [0.25, 0.3) is 0 Å². The smallest absolute Gasteiger partial charge is 0.312 e. The molecule has 3 N–H and O–H groups in total. The first-order valence-electron chi connectivity index (χ1n) is 16.8. The predicted octanol–water partition coefficient (Wildman–Crippen LogP) is 7.44. The van der Waals surface area contributed by atoms with E-state index in [1.54, 1.807) is 13.8 Å². The van der Waals surface area contributed by atoms with Crippen LogP contribution >= 0.6 is 0 Å². The fourth-order valence-electron chi connectivity index (χ4n) is 11.4.